The van der Waals surface area contributed by atoms with Gasteiger partial charge in [-0.05, 0) is 66.8 Å². The molecule has 0 aliphatic carbocycles. The first kappa shape index (κ1) is 22.8. The summed E-state index contributed by atoms with van der Waals surface area (Å²) < 4.78 is 28.4. The van der Waals surface area contributed by atoms with E-state index in [0.717, 1.165) is 16.7 Å². The fourth-order valence-corrected chi connectivity index (χ4v) is 4.69. The molecule has 162 valence electrons. The van der Waals surface area contributed by atoms with Crippen LogP contribution in [0.4, 0.5) is 5.69 Å². The Morgan fingerprint density at radius 3 is 2.35 bits per heavy atom. The van der Waals surface area contributed by atoms with Gasteiger partial charge in [0.2, 0.25) is 0 Å². The summed E-state index contributed by atoms with van der Waals surface area (Å²) >= 11 is 6.16. The van der Waals surface area contributed by atoms with E-state index < -0.39 is 10.0 Å². The fraction of sp³-hybridized carbons (Fsp3) is 0.208. The zero-order valence-corrected chi connectivity index (χ0v) is 19.2. The number of aryl methyl sites for hydroxylation is 2. The Kier molecular flexibility index (Phi) is 7.03. The predicted octanol–water partition coefficient (Wildman–Crippen LogP) is 5.29. The third-order valence-electron chi connectivity index (χ3n) is 5.18. The van der Waals surface area contributed by atoms with Gasteiger partial charge in [0.1, 0.15) is 4.90 Å². The number of rotatable bonds is 7. The van der Waals surface area contributed by atoms with Gasteiger partial charge in [-0.15, -0.1) is 0 Å². The SMILES string of the molecule is Cc1ccc(NS(=O)(=O)c2cc(C(=O)NCC(C)c3ccccc3)ccc2Cl)cc1C. The van der Waals surface area contributed by atoms with Gasteiger partial charge in [0.15, 0.2) is 0 Å². The molecule has 0 heterocycles. The predicted molar refractivity (Wildman–Crippen MR) is 125 cm³/mol. The minimum Gasteiger partial charge on any atom is -0.351 e. The largest absolute Gasteiger partial charge is 0.351 e. The van der Waals surface area contributed by atoms with Crippen LogP contribution in [-0.4, -0.2) is 20.9 Å². The molecule has 0 saturated carbocycles. The molecule has 0 fully saturated rings. The molecular weight excluding hydrogens is 432 g/mol. The molecule has 3 aromatic rings. The number of hydrogen-bond acceptors (Lipinski definition) is 3. The summed E-state index contributed by atoms with van der Waals surface area (Å²) in [5.41, 5.74) is 3.80. The lowest BCUT2D eigenvalue weighted by Crippen LogP contribution is -2.27. The molecule has 1 unspecified atom stereocenters. The summed E-state index contributed by atoms with van der Waals surface area (Å²) in [4.78, 5) is 12.5. The first-order valence-corrected chi connectivity index (χ1v) is 11.8. The second kappa shape index (κ2) is 9.54. The van der Waals surface area contributed by atoms with E-state index in [2.05, 4.69) is 10.0 Å². The second-order valence-electron chi connectivity index (χ2n) is 7.57. The molecule has 0 aliphatic heterocycles. The molecular formula is C24H25ClN2O3S. The molecule has 0 radical (unpaired) electrons. The van der Waals surface area contributed by atoms with Gasteiger partial charge >= 0.3 is 0 Å². The summed E-state index contributed by atoms with van der Waals surface area (Å²) in [5, 5.41) is 2.91. The molecule has 1 amide bonds. The first-order chi connectivity index (χ1) is 14.7. The summed E-state index contributed by atoms with van der Waals surface area (Å²) in [5.74, 6) is -0.242. The monoisotopic (exact) mass is 456 g/mol. The van der Waals surface area contributed by atoms with Crippen molar-refractivity contribution in [3.8, 4) is 0 Å². The zero-order valence-electron chi connectivity index (χ0n) is 17.6. The highest BCUT2D eigenvalue weighted by molar-refractivity contribution is 7.92. The highest BCUT2D eigenvalue weighted by Crippen LogP contribution is 2.26. The standard InChI is InChI=1S/C24H25ClN2O3S/c1-16-9-11-21(13-17(16)2)27-31(29,30)23-14-20(10-12-22(23)25)24(28)26-15-18(3)19-7-5-4-6-8-19/h4-14,18,27H,15H2,1-3H3,(H,26,28). The lowest BCUT2D eigenvalue weighted by atomic mass is 10.0. The minimum absolute atomic E-state index is 0.0468. The van der Waals surface area contributed by atoms with E-state index in [0.29, 0.717) is 12.2 Å². The molecule has 1 atom stereocenters. The molecule has 7 heteroatoms. The van der Waals surface area contributed by atoms with Crippen molar-refractivity contribution >= 4 is 33.2 Å². The molecule has 3 aromatic carbocycles. The van der Waals surface area contributed by atoms with Crippen LogP contribution in [-0.2, 0) is 10.0 Å². The quantitative estimate of drug-likeness (QED) is 0.507. The van der Waals surface area contributed by atoms with E-state index in [1.54, 1.807) is 12.1 Å². The van der Waals surface area contributed by atoms with Crippen molar-refractivity contribution in [3.05, 3.63) is 94.0 Å². The molecule has 0 spiro atoms. The van der Waals surface area contributed by atoms with Crippen molar-refractivity contribution in [2.45, 2.75) is 31.6 Å². The zero-order chi connectivity index (χ0) is 22.6. The Balaban J connectivity index is 1.77. The molecule has 0 bridgehead atoms. The number of benzene rings is 3. The number of carbonyl (C=O) groups is 1. The third-order valence-corrected chi connectivity index (χ3v) is 7.04. The number of sulfonamides is 1. The number of carbonyl (C=O) groups excluding carboxylic acids is 1. The second-order valence-corrected chi connectivity index (χ2v) is 9.63. The summed E-state index contributed by atoms with van der Waals surface area (Å²) in [6.07, 6.45) is 0. The Bertz CT molecular complexity index is 1190. The summed E-state index contributed by atoms with van der Waals surface area (Å²) in [6.45, 7) is 6.29. The summed E-state index contributed by atoms with van der Waals surface area (Å²) in [7, 11) is -3.97. The molecule has 0 aromatic heterocycles. The Morgan fingerprint density at radius 1 is 0.968 bits per heavy atom. The molecule has 5 nitrogen and oxygen atoms in total. The molecule has 31 heavy (non-hydrogen) atoms. The van der Waals surface area contributed by atoms with Crippen molar-refractivity contribution in [3.63, 3.8) is 0 Å². The van der Waals surface area contributed by atoms with Crippen LogP contribution in [0, 0.1) is 13.8 Å². The highest BCUT2D eigenvalue weighted by Gasteiger charge is 2.21. The maximum Gasteiger partial charge on any atom is 0.263 e. The minimum atomic E-state index is -3.97. The van der Waals surface area contributed by atoms with Crippen molar-refractivity contribution in [2.24, 2.45) is 0 Å². The molecule has 0 aliphatic rings. The van der Waals surface area contributed by atoms with E-state index in [1.807, 2.05) is 57.2 Å². The maximum atomic E-state index is 12.9. The van der Waals surface area contributed by atoms with Crippen LogP contribution < -0.4 is 10.0 Å². The van der Waals surface area contributed by atoms with Crippen molar-refractivity contribution in [1.82, 2.24) is 5.32 Å². The van der Waals surface area contributed by atoms with Gasteiger partial charge in [0, 0.05) is 17.8 Å². The van der Waals surface area contributed by atoms with Gasteiger partial charge in [-0.1, -0.05) is 54.9 Å². The van der Waals surface area contributed by atoms with Crippen molar-refractivity contribution in [1.29, 1.82) is 0 Å². The van der Waals surface area contributed by atoms with Crippen LogP contribution in [0.5, 0.6) is 0 Å². The molecule has 0 saturated heterocycles. The van der Waals surface area contributed by atoms with E-state index in [4.69, 9.17) is 11.6 Å². The number of anilines is 1. The summed E-state index contributed by atoms with van der Waals surface area (Å²) in [6, 6.07) is 19.4. The maximum absolute atomic E-state index is 12.9. The van der Waals surface area contributed by atoms with Gasteiger partial charge in [0.25, 0.3) is 15.9 Å². The Labute approximate surface area is 188 Å². The van der Waals surface area contributed by atoms with E-state index in [-0.39, 0.29) is 27.3 Å². The van der Waals surface area contributed by atoms with Crippen LogP contribution >= 0.6 is 11.6 Å². The van der Waals surface area contributed by atoms with Crippen LogP contribution in [0.15, 0.2) is 71.6 Å². The number of amides is 1. The van der Waals surface area contributed by atoms with E-state index in [9.17, 15) is 13.2 Å². The van der Waals surface area contributed by atoms with Crippen LogP contribution in [0.1, 0.15) is 39.9 Å². The lowest BCUT2D eigenvalue weighted by Gasteiger charge is -2.14. The molecule has 2 N–H and O–H groups in total. The lowest BCUT2D eigenvalue weighted by molar-refractivity contribution is 0.0951. The average molecular weight is 457 g/mol. The number of nitrogens with one attached hydrogen (secondary N) is 2. The molecule has 3 rings (SSSR count). The normalized spacial score (nSPS) is 12.3. The first-order valence-electron chi connectivity index (χ1n) is 9.90. The third kappa shape index (κ3) is 5.66. The van der Waals surface area contributed by atoms with Gasteiger partial charge in [-0.2, -0.15) is 0 Å². The van der Waals surface area contributed by atoms with Gasteiger partial charge in [-0.3, -0.25) is 9.52 Å². The van der Waals surface area contributed by atoms with E-state index in [1.165, 1.54) is 18.2 Å². The topological polar surface area (TPSA) is 75.3 Å². The average Bonchev–Trinajstić information content (AvgIpc) is 2.75. The number of hydrogen-bond donors (Lipinski definition) is 2. The van der Waals surface area contributed by atoms with Crippen molar-refractivity contribution < 1.29 is 13.2 Å². The van der Waals surface area contributed by atoms with E-state index >= 15 is 0 Å². The number of halogens is 1. The fourth-order valence-electron chi connectivity index (χ4n) is 3.11. The van der Waals surface area contributed by atoms with Crippen LogP contribution in [0.25, 0.3) is 0 Å². The smallest absolute Gasteiger partial charge is 0.263 e. The van der Waals surface area contributed by atoms with Crippen LogP contribution in [0.2, 0.25) is 5.02 Å². The highest BCUT2D eigenvalue weighted by atomic mass is 35.5. The van der Waals surface area contributed by atoms with Gasteiger partial charge in [-0.25, -0.2) is 8.42 Å². The van der Waals surface area contributed by atoms with Gasteiger partial charge in [0.05, 0.1) is 5.02 Å². The van der Waals surface area contributed by atoms with Gasteiger partial charge < -0.3 is 5.32 Å². The Morgan fingerprint density at radius 2 is 1.68 bits per heavy atom. The van der Waals surface area contributed by atoms with Crippen molar-refractivity contribution in [2.75, 3.05) is 11.3 Å². The van der Waals surface area contributed by atoms with Crippen LogP contribution in [0.3, 0.4) is 0 Å². The Hall–Kier alpha value is -2.83.